The number of hydrogen-bond donors (Lipinski definition) is 2. The Labute approximate surface area is 270 Å². The van der Waals surface area contributed by atoms with Crippen LogP contribution in [-0.4, -0.2) is 72.0 Å². The number of likely N-dealkylation sites (N-methyl/N-ethyl adjacent to an activating group) is 1. The lowest BCUT2D eigenvalue weighted by Gasteiger charge is -2.35. The Hall–Kier alpha value is -5.01. The molecule has 4 aromatic rings. The van der Waals surface area contributed by atoms with Gasteiger partial charge in [0.1, 0.15) is 5.82 Å². The molecule has 6 rings (SSSR count). The lowest BCUT2D eigenvalue weighted by atomic mass is 10.1. The van der Waals surface area contributed by atoms with Crippen LogP contribution in [0, 0.1) is 6.92 Å². The number of aryl methyl sites for hydroxylation is 1. The highest BCUT2D eigenvalue weighted by molar-refractivity contribution is 6.07. The van der Waals surface area contributed by atoms with E-state index in [1.165, 1.54) is 22.6 Å². The third kappa shape index (κ3) is 7.21. The summed E-state index contributed by atoms with van der Waals surface area (Å²) in [6.45, 7) is 7.16. The van der Waals surface area contributed by atoms with Gasteiger partial charge in [0.05, 0.1) is 17.8 Å². The van der Waals surface area contributed by atoms with Crippen LogP contribution in [0.25, 0.3) is 0 Å². The minimum Gasteiger partial charge on any atom is -0.324 e. The molecule has 1 aromatic heterocycles. The molecule has 0 bridgehead atoms. The second kappa shape index (κ2) is 13.0. The van der Waals surface area contributed by atoms with Crippen molar-refractivity contribution in [3.63, 3.8) is 0 Å². The van der Waals surface area contributed by atoms with E-state index in [1.807, 2.05) is 19.1 Å². The van der Waals surface area contributed by atoms with Gasteiger partial charge in [-0.15, -0.1) is 0 Å². The van der Waals surface area contributed by atoms with Crippen LogP contribution in [-0.2, 0) is 19.3 Å². The molecule has 0 unspecified atom stereocenters. The fraction of sp³-hybridized carbons (Fsp3) is 0.294. The number of aromatic nitrogens is 2. The fourth-order valence-corrected chi connectivity index (χ4v) is 5.66. The number of nitrogens with zero attached hydrogens (tertiary/aromatic N) is 6. The molecule has 47 heavy (non-hydrogen) atoms. The van der Waals surface area contributed by atoms with Crippen molar-refractivity contribution in [3.8, 4) is 0 Å². The predicted octanol–water partition coefficient (Wildman–Crippen LogP) is 6.12. The van der Waals surface area contributed by atoms with E-state index >= 15 is 0 Å². The third-order valence-electron chi connectivity index (χ3n) is 8.43. The van der Waals surface area contributed by atoms with Crippen molar-refractivity contribution < 1.29 is 22.8 Å². The van der Waals surface area contributed by atoms with E-state index in [0.717, 1.165) is 61.7 Å². The van der Waals surface area contributed by atoms with E-state index in [4.69, 9.17) is 0 Å². The SMILES string of the molecule is Cc1ccc(NC(=O)c2cccc(C(F)(F)F)c2)cc1N1Cc2cnc(Nc3ccc(CN4CCN(C)CC4)cc3)nc2N(C)C1=O. The standard InChI is InChI=1S/C34H35F3N8O2/c1-22-7-10-28(39-31(46)24-5-4-6-26(17-24)34(35,36)37)18-29(22)45-21-25-19-38-32(41-30(25)43(3)33(45)47)40-27-11-8-23(9-12-27)20-44-15-13-42(2)14-16-44/h4-12,17-19H,13-16,20-21H2,1-3H3,(H,39,46)(H,38,40,41). The zero-order chi connectivity index (χ0) is 33.3. The van der Waals surface area contributed by atoms with Crippen LogP contribution in [0.4, 0.5) is 46.8 Å². The van der Waals surface area contributed by atoms with Crippen LogP contribution in [0.15, 0.2) is 72.9 Å². The first-order valence-corrected chi connectivity index (χ1v) is 15.2. The summed E-state index contributed by atoms with van der Waals surface area (Å²) in [5.74, 6) is 0.137. The summed E-state index contributed by atoms with van der Waals surface area (Å²) in [5, 5.41) is 5.88. The molecule has 0 radical (unpaired) electrons. The molecule has 3 heterocycles. The number of hydrogen-bond acceptors (Lipinski definition) is 7. The molecule has 2 aliphatic heterocycles. The number of halogens is 3. The molecular weight excluding hydrogens is 609 g/mol. The Kier molecular flexibility index (Phi) is 8.84. The fourth-order valence-electron chi connectivity index (χ4n) is 5.66. The van der Waals surface area contributed by atoms with Crippen LogP contribution in [0.3, 0.4) is 0 Å². The number of piperazine rings is 1. The number of nitrogens with one attached hydrogen (secondary N) is 2. The Morgan fingerprint density at radius 2 is 1.66 bits per heavy atom. The number of carbonyl (C=O) groups excluding carboxylic acids is 2. The maximum absolute atomic E-state index is 13.6. The Bertz CT molecular complexity index is 1790. The van der Waals surface area contributed by atoms with Gasteiger partial charge in [-0.3, -0.25) is 19.5 Å². The highest BCUT2D eigenvalue weighted by Crippen LogP contribution is 2.34. The van der Waals surface area contributed by atoms with Crippen molar-refractivity contribution in [2.24, 2.45) is 0 Å². The summed E-state index contributed by atoms with van der Waals surface area (Å²) in [4.78, 5) is 43.3. The van der Waals surface area contributed by atoms with Gasteiger partial charge in [-0.25, -0.2) is 9.78 Å². The summed E-state index contributed by atoms with van der Waals surface area (Å²) < 4.78 is 39.5. The average molecular weight is 645 g/mol. The van der Waals surface area contributed by atoms with Gasteiger partial charge in [-0.05, 0) is 67.6 Å². The van der Waals surface area contributed by atoms with E-state index in [9.17, 15) is 22.8 Å². The molecule has 13 heteroatoms. The van der Waals surface area contributed by atoms with Gasteiger partial charge in [0.25, 0.3) is 5.91 Å². The molecule has 3 amide bonds. The summed E-state index contributed by atoms with van der Waals surface area (Å²) in [7, 11) is 3.77. The number of alkyl halides is 3. The maximum atomic E-state index is 13.6. The van der Waals surface area contributed by atoms with Gasteiger partial charge < -0.3 is 15.5 Å². The molecule has 1 fully saturated rings. The normalized spacial score (nSPS) is 15.8. The molecule has 244 valence electrons. The van der Waals surface area contributed by atoms with Crippen molar-refractivity contribution in [2.45, 2.75) is 26.2 Å². The van der Waals surface area contributed by atoms with Crippen LogP contribution >= 0.6 is 0 Å². The first-order chi connectivity index (χ1) is 22.4. The van der Waals surface area contributed by atoms with Gasteiger partial charge in [-0.2, -0.15) is 18.2 Å². The van der Waals surface area contributed by atoms with Gasteiger partial charge in [0.2, 0.25) is 5.95 Å². The molecule has 1 saturated heterocycles. The second-order valence-electron chi connectivity index (χ2n) is 11.9. The Morgan fingerprint density at radius 3 is 2.38 bits per heavy atom. The van der Waals surface area contributed by atoms with E-state index in [1.54, 1.807) is 36.3 Å². The van der Waals surface area contributed by atoms with Crippen LogP contribution in [0.1, 0.15) is 32.6 Å². The third-order valence-corrected chi connectivity index (χ3v) is 8.43. The number of anilines is 5. The highest BCUT2D eigenvalue weighted by Gasteiger charge is 2.33. The van der Waals surface area contributed by atoms with Crippen molar-refractivity contribution in [3.05, 3.63) is 101 Å². The quantitative estimate of drug-likeness (QED) is 0.250. The Morgan fingerprint density at radius 1 is 0.936 bits per heavy atom. The molecular formula is C34H35F3N8O2. The van der Waals surface area contributed by atoms with E-state index in [-0.39, 0.29) is 18.1 Å². The Balaban J connectivity index is 1.14. The molecule has 0 atom stereocenters. The maximum Gasteiger partial charge on any atom is 0.416 e. The zero-order valence-corrected chi connectivity index (χ0v) is 26.3. The van der Waals surface area contributed by atoms with Crippen molar-refractivity contribution in [2.75, 3.05) is 60.7 Å². The number of benzene rings is 3. The van der Waals surface area contributed by atoms with Gasteiger partial charge >= 0.3 is 12.2 Å². The van der Waals surface area contributed by atoms with Crippen molar-refractivity contribution >= 4 is 40.8 Å². The minimum absolute atomic E-state index is 0.132. The van der Waals surface area contributed by atoms with Crippen LogP contribution < -0.4 is 20.4 Å². The second-order valence-corrected chi connectivity index (χ2v) is 11.9. The number of amides is 3. The molecule has 2 N–H and O–H groups in total. The minimum atomic E-state index is -4.57. The number of rotatable bonds is 7. The smallest absolute Gasteiger partial charge is 0.324 e. The van der Waals surface area contributed by atoms with Gasteiger partial charge in [0, 0.05) is 68.5 Å². The summed E-state index contributed by atoms with van der Waals surface area (Å²) in [6.07, 6.45) is -2.89. The first-order valence-electron chi connectivity index (χ1n) is 15.2. The summed E-state index contributed by atoms with van der Waals surface area (Å²) in [5.41, 5.74) is 3.37. The van der Waals surface area contributed by atoms with Crippen molar-refractivity contribution in [1.29, 1.82) is 0 Å². The largest absolute Gasteiger partial charge is 0.416 e. The molecule has 10 nitrogen and oxygen atoms in total. The average Bonchev–Trinajstić information content (AvgIpc) is 3.05. The van der Waals surface area contributed by atoms with Crippen LogP contribution in [0.2, 0.25) is 0 Å². The number of urea groups is 1. The summed E-state index contributed by atoms with van der Waals surface area (Å²) >= 11 is 0. The monoisotopic (exact) mass is 644 g/mol. The lowest BCUT2D eigenvalue weighted by molar-refractivity contribution is -0.137. The highest BCUT2D eigenvalue weighted by atomic mass is 19.4. The van der Waals surface area contributed by atoms with E-state index in [2.05, 4.69) is 49.6 Å². The van der Waals surface area contributed by atoms with E-state index < -0.39 is 17.6 Å². The molecule has 0 spiro atoms. The van der Waals surface area contributed by atoms with Gasteiger partial charge in [0.15, 0.2) is 0 Å². The predicted molar refractivity (Wildman–Crippen MR) is 175 cm³/mol. The molecule has 2 aliphatic rings. The summed E-state index contributed by atoms with van der Waals surface area (Å²) in [6, 6.07) is 17.0. The molecule has 0 saturated carbocycles. The van der Waals surface area contributed by atoms with Crippen LogP contribution in [0.5, 0.6) is 0 Å². The van der Waals surface area contributed by atoms with Crippen molar-refractivity contribution in [1.82, 2.24) is 19.8 Å². The van der Waals surface area contributed by atoms with Gasteiger partial charge in [-0.1, -0.05) is 24.3 Å². The lowest BCUT2D eigenvalue weighted by Crippen LogP contribution is -2.46. The number of carbonyl (C=O) groups is 2. The molecule has 0 aliphatic carbocycles. The number of fused-ring (bicyclic) bond motifs is 1. The van der Waals surface area contributed by atoms with E-state index in [0.29, 0.717) is 23.1 Å². The topological polar surface area (TPSA) is 96.9 Å². The molecule has 3 aromatic carbocycles. The zero-order valence-electron chi connectivity index (χ0n) is 26.3. The first kappa shape index (κ1) is 32.0.